The first-order valence-electron chi connectivity index (χ1n) is 10.8. The SMILES string of the molecule is CC1(CC2CCCC2)C(=O)C(C2=NS(O)(O)c3cc(N)ccc3N2)=C(O)c2ccccc21. The molecular formula is C24H27N3O4S. The summed E-state index contributed by atoms with van der Waals surface area (Å²) in [6.07, 6.45) is 5.19. The summed E-state index contributed by atoms with van der Waals surface area (Å²) in [6, 6.07) is 12.1. The Bertz CT molecular complexity index is 1180. The number of carbonyl (C=O) groups is 1. The average molecular weight is 454 g/mol. The highest BCUT2D eigenvalue weighted by Gasteiger charge is 2.47. The first kappa shape index (κ1) is 21.1. The van der Waals surface area contributed by atoms with Crippen LogP contribution < -0.4 is 11.1 Å². The number of fused-ring (bicyclic) bond motifs is 2. The van der Waals surface area contributed by atoms with E-state index in [0.717, 1.165) is 18.4 Å². The zero-order valence-electron chi connectivity index (χ0n) is 17.8. The molecule has 1 heterocycles. The number of Topliss-reactive ketones (excluding diaryl/α,β-unsaturated/α-hetero) is 1. The van der Waals surface area contributed by atoms with Crippen molar-refractivity contribution in [2.45, 2.75) is 49.3 Å². The maximum atomic E-state index is 14.0. The number of carbonyl (C=O) groups excluding carboxylic acids is 1. The van der Waals surface area contributed by atoms with Crippen molar-refractivity contribution in [1.82, 2.24) is 0 Å². The molecule has 6 N–H and O–H groups in total. The molecule has 2 aromatic rings. The van der Waals surface area contributed by atoms with E-state index in [1.807, 2.05) is 25.1 Å². The summed E-state index contributed by atoms with van der Waals surface area (Å²) in [6.45, 7) is 1.93. The molecule has 1 fully saturated rings. The zero-order chi connectivity index (χ0) is 22.7. The van der Waals surface area contributed by atoms with E-state index in [0.29, 0.717) is 29.3 Å². The Kier molecular flexibility index (Phi) is 4.85. The molecule has 1 saturated carbocycles. The van der Waals surface area contributed by atoms with Crippen molar-refractivity contribution in [3.8, 4) is 0 Å². The van der Waals surface area contributed by atoms with Gasteiger partial charge in [-0.15, -0.1) is 4.40 Å². The highest BCUT2D eigenvalue weighted by atomic mass is 32.3. The van der Waals surface area contributed by atoms with Crippen LogP contribution in [0.3, 0.4) is 0 Å². The molecule has 2 aromatic carbocycles. The van der Waals surface area contributed by atoms with Gasteiger partial charge in [0, 0.05) is 11.3 Å². The fraction of sp³-hybridized carbons (Fsp3) is 0.333. The number of benzene rings is 2. The molecule has 32 heavy (non-hydrogen) atoms. The Morgan fingerprint density at radius 1 is 1.19 bits per heavy atom. The van der Waals surface area contributed by atoms with Gasteiger partial charge in [0.1, 0.15) is 16.2 Å². The van der Waals surface area contributed by atoms with Crippen LogP contribution in [0.15, 0.2) is 57.3 Å². The summed E-state index contributed by atoms with van der Waals surface area (Å²) in [4.78, 5) is 14.1. The summed E-state index contributed by atoms with van der Waals surface area (Å²) >= 11 is 0. The molecule has 0 aromatic heterocycles. The average Bonchev–Trinajstić information content (AvgIpc) is 3.26. The van der Waals surface area contributed by atoms with Crippen LogP contribution in [0.5, 0.6) is 0 Å². The monoisotopic (exact) mass is 453 g/mol. The lowest BCUT2D eigenvalue weighted by molar-refractivity contribution is -0.120. The van der Waals surface area contributed by atoms with Crippen LogP contribution in [0.4, 0.5) is 11.4 Å². The molecule has 0 radical (unpaired) electrons. The first-order valence-corrected chi connectivity index (χ1v) is 12.3. The van der Waals surface area contributed by atoms with Crippen molar-refractivity contribution >= 4 is 39.5 Å². The van der Waals surface area contributed by atoms with Crippen LogP contribution in [0.2, 0.25) is 0 Å². The standard InChI is InChI=1S/C24H27N3O4S/c1-24(13-14-6-2-3-7-14)17-9-5-4-8-16(17)21(28)20(22(24)29)23-26-18-11-10-15(25)12-19(18)32(30,31)27-23/h4-5,8-12,14,28,30-31H,2-3,6-7,13,25H2,1H3,(H,26,27). The van der Waals surface area contributed by atoms with Gasteiger partial charge in [-0.1, -0.05) is 60.7 Å². The van der Waals surface area contributed by atoms with E-state index in [2.05, 4.69) is 9.71 Å². The van der Waals surface area contributed by atoms with Crippen molar-refractivity contribution in [3.63, 3.8) is 0 Å². The van der Waals surface area contributed by atoms with E-state index in [4.69, 9.17) is 5.73 Å². The fourth-order valence-corrected chi connectivity index (χ4v) is 6.53. The number of aliphatic hydroxyl groups is 1. The van der Waals surface area contributed by atoms with Gasteiger partial charge in [-0.3, -0.25) is 13.9 Å². The van der Waals surface area contributed by atoms with E-state index in [9.17, 15) is 19.0 Å². The normalized spacial score (nSPS) is 25.6. The summed E-state index contributed by atoms with van der Waals surface area (Å²) in [5, 5.41) is 14.2. The van der Waals surface area contributed by atoms with Crippen molar-refractivity contribution < 1.29 is 19.0 Å². The maximum Gasteiger partial charge on any atom is 0.180 e. The van der Waals surface area contributed by atoms with Crippen molar-refractivity contribution in [1.29, 1.82) is 0 Å². The minimum absolute atomic E-state index is 0.00773. The van der Waals surface area contributed by atoms with Gasteiger partial charge >= 0.3 is 0 Å². The van der Waals surface area contributed by atoms with Crippen LogP contribution in [0, 0.1) is 5.92 Å². The Labute approximate surface area is 188 Å². The van der Waals surface area contributed by atoms with Gasteiger partial charge in [0.2, 0.25) is 0 Å². The molecule has 1 aliphatic heterocycles. The van der Waals surface area contributed by atoms with Crippen LogP contribution in [-0.4, -0.2) is 25.8 Å². The highest BCUT2D eigenvalue weighted by Crippen LogP contribution is 2.57. The molecule has 2 aliphatic carbocycles. The number of nitrogens with one attached hydrogen (secondary N) is 1. The van der Waals surface area contributed by atoms with E-state index in [1.165, 1.54) is 18.9 Å². The smallest absolute Gasteiger partial charge is 0.180 e. The van der Waals surface area contributed by atoms with Crippen LogP contribution in [0.1, 0.15) is 50.2 Å². The predicted molar refractivity (Wildman–Crippen MR) is 128 cm³/mol. The molecule has 8 heteroatoms. The van der Waals surface area contributed by atoms with E-state index < -0.39 is 16.2 Å². The molecule has 168 valence electrons. The van der Waals surface area contributed by atoms with E-state index in [1.54, 1.807) is 18.2 Å². The van der Waals surface area contributed by atoms with Crippen LogP contribution in [0.25, 0.3) is 5.76 Å². The second-order valence-corrected chi connectivity index (χ2v) is 10.8. The lowest BCUT2D eigenvalue weighted by atomic mass is 9.65. The van der Waals surface area contributed by atoms with E-state index >= 15 is 0 Å². The molecular weight excluding hydrogens is 426 g/mol. The first-order chi connectivity index (χ1) is 15.2. The van der Waals surface area contributed by atoms with Gasteiger partial charge in [-0.2, -0.15) is 0 Å². The van der Waals surface area contributed by atoms with Crippen molar-refractivity contribution in [3.05, 3.63) is 59.2 Å². The summed E-state index contributed by atoms with van der Waals surface area (Å²) in [7, 11) is -3.60. The highest BCUT2D eigenvalue weighted by molar-refractivity contribution is 8.23. The summed E-state index contributed by atoms with van der Waals surface area (Å²) in [5.41, 5.74) is 7.10. The topological polar surface area (TPSA) is 128 Å². The third-order valence-corrected chi connectivity index (χ3v) is 8.29. The number of anilines is 2. The lowest BCUT2D eigenvalue weighted by Crippen LogP contribution is -2.43. The molecule has 0 bridgehead atoms. The number of aliphatic hydroxyl groups excluding tert-OH is 1. The van der Waals surface area contributed by atoms with E-state index in [-0.39, 0.29) is 27.8 Å². The Balaban J connectivity index is 1.65. The van der Waals surface area contributed by atoms with Crippen molar-refractivity contribution in [2.75, 3.05) is 11.1 Å². The number of rotatable bonds is 3. The van der Waals surface area contributed by atoms with Crippen LogP contribution >= 0.6 is 10.8 Å². The van der Waals surface area contributed by atoms with Gasteiger partial charge in [-0.05, 0) is 43.0 Å². The maximum absolute atomic E-state index is 14.0. The number of nitrogens with two attached hydrogens (primary N) is 1. The second-order valence-electron chi connectivity index (χ2n) is 9.12. The molecule has 0 amide bonds. The number of hydrogen-bond donors (Lipinski definition) is 5. The Morgan fingerprint density at radius 2 is 1.91 bits per heavy atom. The fourth-order valence-electron chi connectivity index (χ4n) is 5.33. The van der Waals surface area contributed by atoms with Gasteiger partial charge in [0.05, 0.1) is 11.1 Å². The third-order valence-electron chi connectivity index (χ3n) is 6.92. The Morgan fingerprint density at radius 3 is 2.66 bits per heavy atom. The number of hydrogen-bond acceptors (Lipinski definition) is 7. The third kappa shape index (κ3) is 3.21. The molecule has 5 rings (SSSR count). The summed E-state index contributed by atoms with van der Waals surface area (Å²) < 4.78 is 25.5. The minimum Gasteiger partial charge on any atom is -0.506 e. The van der Waals surface area contributed by atoms with Gasteiger partial charge < -0.3 is 16.2 Å². The molecule has 1 unspecified atom stereocenters. The largest absolute Gasteiger partial charge is 0.506 e. The second kappa shape index (κ2) is 7.37. The molecule has 0 saturated heterocycles. The van der Waals surface area contributed by atoms with Crippen LogP contribution in [-0.2, 0) is 10.2 Å². The Hall–Kier alpha value is -2.81. The van der Waals surface area contributed by atoms with Crippen molar-refractivity contribution in [2.24, 2.45) is 10.3 Å². The summed E-state index contributed by atoms with van der Waals surface area (Å²) in [5.74, 6) is -0.0587. The minimum atomic E-state index is -3.60. The van der Waals surface area contributed by atoms with Gasteiger partial charge in [0.25, 0.3) is 0 Å². The predicted octanol–water partition coefficient (Wildman–Crippen LogP) is 5.51. The number of amidine groups is 1. The molecule has 0 spiro atoms. The zero-order valence-corrected chi connectivity index (χ0v) is 18.7. The molecule has 1 atom stereocenters. The molecule has 3 aliphatic rings. The quantitative estimate of drug-likeness (QED) is 0.390. The number of nitrogen functional groups attached to an aromatic ring is 1. The van der Waals surface area contributed by atoms with Gasteiger partial charge in [0.15, 0.2) is 11.6 Å². The van der Waals surface area contributed by atoms with Gasteiger partial charge in [-0.25, -0.2) is 0 Å². The lowest BCUT2D eigenvalue weighted by Gasteiger charge is -2.39. The number of ketones is 1. The number of nitrogens with zero attached hydrogens (tertiary/aromatic N) is 1. The molecule has 7 nitrogen and oxygen atoms in total.